The summed E-state index contributed by atoms with van der Waals surface area (Å²) in [6.45, 7) is 0. The fourth-order valence-corrected chi connectivity index (χ4v) is 10.1. The maximum absolute atomic E-state index is 2.41. The molecular weight excluding hydrogens is 831 g/mol. The molecule has 0 spiro atoms. The Labute approximate surface area is 404 Å². The smallest absolute Gasteiger partial charge is 0.0540 e. The summed E-state index contributed by atoms with van der Waals surface area (Å²) >= 11 is 0. The molecule has 1 nitrogen and oxygen atoms in total. The average molecular weight is 878 g/mol. The topological polar surface area (TPSA) is 3.24 Å². The Kier molecular flexibility index (Phi) is 11.0. The second-order valence-electron chi connectivity index (χ2n) is 17.6. The van der Waals surface area contributed by atoms with Gasteiger partial charge in [0, 0.05) is 16.9 Å². The van der Waals surface area contributed by atoms with E-state index in [1.165, 1.54) is 82.7 Å². The van der Waals surface area contributed by atoms with Gasteiger partial charge in [0.15, 0.2) is 0 Å². The van der Waals surface area contributed by atoms with Crippen molar-refractivity contribution < 1.29 is 0 Å². The second-order valence-corrected chi connectivity index (χ2v) is 17.6. The minimum absolute atomic E-state index is 1.08. The van der Waals surface area contributed by atoms with Crippen LogP contribution in [-0.4, -0.2) is 0 Å². The van der Waals surface area contributed by atoms with E-state index in [4.69, 9.17) is 0 Å². The molecule has 12 rings (SSSR count). The Bertz CT molecular complexity index is 3700. The predicted octanol–water partition coefficient (Wildman–Crippen LogP) is 19.1. The van der Waals surface area contributed by atoms with Gasteiger partial charge in [-0.25, -0.2) is 0 Å². The summed E-state index contributed by atoms with van der Waals surface area (Å²) in [7, 11) is 0. The lowest BCUT2D eigenvalue weighted by Crippen LogP contribution is -2.11. The highest BCUT2D eigenvalue weighted by molar-refractivity contribution is 6.22. The number of nitrogens with zero attached hydrogens (tertiary/aromatic N) is 1. The molecule has 0 fully saturated rings. The summed E-state index contributed by atoms with van der Waals surface area (Å²) in [4.78, 5) is 2.41. The third-order valence-corrected chi connectivity index (χ3v) is 13.5. The molecule has 0 aliphatic heterocycles. The first-order valence-corrected chi connectivity index (χ1v) is 23.7. The molecule has 0 N–H and O–H groups in total. The number of hydrogen-bond donors (Lipinski definition) is 0. The monoisotopic (exact) mass is 877 g/mol. The molecule has 0 saturated heterocycles. The van der Waals surface area contributed by atoms with Crippen molar-refractivity contribution in [3.8, 4) is 77.9 Å². The largest absolute Gasteiger partial charge is 0.310 e. The van der Waals surface area contributed by atoms with E-state index in [1.807, 2.05) is 0 Å². The molecular formula is C68H47N. The summed E-state index contributed by atoms with van der Waals surface area (Å²) in [5.74, 6) is 0. The van der Waals surface area contributed by atoms with Gasteiger partial charge in [0.05, 0.1) is 5.69 Å². The third kappa shape index (κ3) is 8.07. The number of rotatable bonds is 10. The average Bonchev–Trinajstić information content (AvgIpc) is 3.44. The van der Waals surface area contributed by atoms with Gasteiger partial charge in [-0.1, -0.05) is 243 Å². The van der Waals surface area contributed by atoms with Crippen molar-refractivity contribution in [1.29, 1.82) is 0 Å². The van der Waals surface area contributed by atoms with Crippen LogP contribution >= 0.6 is 0 Å². The summed E-state index contributed by atoms with van der Waals surface area (Å²) in [6.07, 6.45) is 0. The van der Waals surface area contributed by atoms with Gasteiger partial charge in [-0.3, -0.25) is 0 Å². The van der Waals surface area contributed by atoms with E-state index in [0.717, 1.165) is 33.8 Å². The fourth-order valence-electron chi connectivity index (χ4n) is 10.1. The molecule has 324 valence electrons. The van der Waals surface area contributed by atoms with Crippen molar-refractivity contribution >= 4 is 38.6 Å². The van der Waals surface area contributed by atoms with E-state index >= 15 is 0 Å². The summed E-state index contributed by atoms with van der Waals surface area (Å²) in [5, 5.41) is 5.00. The molecule has 0 radical (unpaired) electrons. The minimum atomic E-state index is 1.08. The second kappa shape index (κ2) is 18.3. The molecule has 0 aromatic heterocycles. The maximum Gasteiger partial charge on any atom is 0.0540 e. The Morgan fingerprint density at radius 3 is 1.01 bits per heavy atom. The van der Waals surface area contributed by atoms with E-state index in [-0.39, 0.29) is 0 Å². The van der Waals surface area contributed by atoms with Gasteiger partial charge in [-0.2, -0.15) is 0 Å². The van der Waals surface area contributed by atoms with Gasteiger partial charge >= 0.3 is 0 Å². The normalized spacial score (nSPS) is 11.2. The molecule has 0 unspecified atom stereocenters. The van der Waals surface area contributed by atoms with Crippen LogP contribution in [-0.2, 0) is 0 Å². The van der Waals surface area contributed by atoms with E-state index < -0.39 is 0 Å². The van der Waals surface area contributed by atoms with E-state index in [1.54, 1.807) is 0 Å². The van der Waals surface area contributed by atoms with Gasteiger partial charge in [0.2, 0.25) is 0 Å². The predicted molar refractivity (Wildman–Crippen MR) is 294 cm³/mol. The number of hydrogen-bond acceptors (Lipinski definition) is 1. The maximum atomic E-state index is 2.41. The molecule has 12 aromatic carbocycles. The van der Waals surface area contributed by atoms with Crippen LogP contribution in [0.3, 0.4) is 0 Å². The summed E-state index contributed by atoms with van der Waals surface area (Å²) in [5.41, 5.74) is 20.0. The Morgan fingerprint density at radius 1 is 0.188 bits per heavy atom. The number of fused-ring (bicyclic) bond motifs is 3. The van der Waals surface area contributed by atoms with Gasteiger partial charge in [0.1, 0.15) is 0 Å². The van der Waals surface area contributed by atoms with Crippen LogP contribution in [0.15, 0.2) is 285 Å². The number of benzene rings is 12. The summed E-state index contributed by atoms with van der Waals surface area (Å²) in [6, 6.07) is 104. The van der Waals surface area contributed by atoms with Crippen LogP contribution in [0, 0.1) is 0 Å². The fraction of sp³-hybridized carbons (Fsp3) is 0. The van der Waals surface area contributed by atoms with Gasteiger partial charge < -0.3 is 4.90 Å². The van der Waals surface area contributed by atoms with Crippen LogP contribution in [0.1, 0.15) is 0 Å². The van der Waals surface area contributed by atoms with Crippen LogP contribution in [0.5, 0.6) is 0 Å². The molecule has 0 amide bonds. The van der Waals surface area contributed by atoms with Crippen molar-refractivity contribution in [2.24, 2.45) is 0 Å². The minimum Gasteiger partial charge on any atom is -0.310 e. The molecule has 0 saturated carbocycles. The van der Waals surface area contributed by atoms with Crippen LogP contribution < -0.4 is 4.90 Å². The molecule has 1 heteroatoms. The first-order chi connectivity index (χ1) is 34.2. The van der Waals surface area contributed by atoms with Crippen LogP contribution in [0.25, 0.3) is 99.4 Å². The van der Waals surface area contributed by atoms with Crippen LogP contribution in [0.4, 0.5) is 17.1 Å². The molecule has 0 heterocycles. The van der Waals surface area contributed by atoms with Crippen molar-refractivity contribution in [3.63, 3.8) is 0 Å². The molecule has 0 aliphatic rings. The number of anilines is 3. The zero-order valence-corrected chi connectivity index (χ0v) is 38.1. The highest BCUT2D eigenvalue weighted by atomic mass is 15.1. The van der Waals surface area contributed by atoms with Crippen molar-refractivity contribution in [1.82, 2.24) is 0 Å². The zero-order valence-electron chi connectivity index (χ0n) is 38.1. The quantitative estimate of drug-likeness (QED) is 0.124. The highest BCUT2D eigenvalue weighted by Crippen LogP contribution is 2.47. The van der Waals surface area contributed by atoms with E-state index in [0.29, 0.717) is 0 Å². The molecule has 69 heavy (non-hydrogen) atoms. The lowest BCUT2D eigenvalue weighted by atomic mass is 9.84. The molecule has 0 aliphatic carbocycles. The van der Waals surface area contributed by atoms with Gasteiger partial charge in [0.25, 0.3) is 0 Å². The van der Waals surface area contributed by atoms with E-state index in [2.05, 4.69) is 290 Å². The standard InChI is InChI=1S/C68H47N/c1-6-18-48(19-7-1)50-30-32-51(33-31-50)52-34-40-59(41-35-52)69(66-45-39-58(49-20-8-2-9-21-49)46-64(66)54-22-10-3-11-23-54)60-42-36-53(37-43-60)57-38-44-62-61-28-16-17-29-63(61)67(55-24-12-4-13-25-55)68(65(62)47-57)56-26-14-5-15-27-56/h1-47H. The third-order valence-electron chi connectivity index (χ3n) is 13.5. The van der Waals surface area contributed by atoms with Gasteiger partial charge in [-0.05, 0) is 136 Å². The van der Waals surface area contributed by atoms with Crippen molar-refractivity contribution in [3.05, 3.63) is 285 Å². The Hall–Kier alpha value is -9.04. The highest BCUT2D eigenvalue weighted by Gasteiger charge is 2.21. The Balaban J connectivity index is 0.991. The lowest BCUT2D eigenvalue weighted by molar-refractivity contribution is 1.28. The molecule has 0 bridgehead atoms. The zero-order chi connectivity index (χ0) is 45.9. The lowest BCUT2D eigenvalue weighted by Gasteiger charge is -2.29. The first-order valence-electron chi connectivity index (χ1n) is 23.7. The molecule has 12 aromatic rings. The van der Waals surface area contributed by atoms with Gasteiger partial charge in [-0.15, -0.1) is 0 Å². The molecule has 0 atom stereocenters. The SMILES string of the molecule is c1ccc(-c2ccc(-c3ccc(N(c4ccc(-c5ccc6c(c5)c(-c5ccccc5)c(-c5ccccc5)c5ccccc56)cc4)c4ccc(-c5ccccc5)cc4-c4ccccc4)cc3)cc2)cc1. The van der Waals surface area contributed by atoms with Crippen molar-refractivity contribution in [2.75, 3.05) is 4.90 Å². The Morgan fingerprint density at radius 2 is 0.507 bits per heavy atom. The van der Waals surface area contributed by atoms with E-state index in [9.17, 15) is 0 Å². The van der Waals surface area contributed by atoms with Crippen LogP contribution in [0.2, 0.25) is 0 Å². The van der Waals surface area contributed by atoms with Crippen molar-refractivity contribution in [2.45, 2.75) is 0 Å². The first kappa shape index (κ1) is 41.4. The summed E-state index contributed by atoms with van der Waals surface area (Å²) < 4.78 is 0.